The fourth-order valence-electron chi connectivity index (χ4n) is 3.76. The predicted molar refractivity (Wildman–Crippen MR) is 87.4 cm³/mol. The van der Waals surface area contributed by atoms with Crippen LogP contribution in [-0.2, 0) is 4.79 Å². The highest BCUT2D eigenvalue weighted by Gasteiger charge is 2.41. The zero-order valence-electron chi connectivity index (χ0n) is 14.1. The summed E-state index contributed by atoms with van der Waals surface area (Å²) in [6.45, 7) is 3.67. The summed E-state index contributed by atoms with van der Waals surface area (Å²) in [7, 11) is 1.46. The molecule has 3 fully saturated rings. The number of methoxy groups -OCH3 is 1. The first kappa shape index (κ1) is 16.7. The molecule has 2 atom stereocenters. The largest absolute Gasteiger partial charge is 0.496 e. The highest BCUT2D eigenvalue weighted by molar-refractivity contribution is 5.97. The maximum absolute atomic E-state index is 13.6. The van der Waals surface area contributed by atoms with E-state index in [4.69, 9.17) is 4.74 Å². The Morgan fingerprint density at radius 2 is 2.12 bits per heavy atom. The minimum atomic E-state index is -0.472. The molecule has 3 aliphatic rings. The fourth-order valence-corrected chi connectivity index (χ4v) is 3.76. The summed E-state index contributed by atoms with van der Waals surface area (Å²) >= 11 is 0. The number of halogens is 1. The van der Waals surface area contributed by atoms with Crippen molar-refractivity contribution in [3.63, 3.8) is 0 Å². The molecular formula is C18H23FN2O3. The molecule has 1 aromatic carbocycles. The van der Waals surface area contributed by atoms with E-state index in [1.54, 1.807) is 4.90 Å². The van der Waals surface area contributed by atoms with Crippen LogP contribution in [0.1, 0.15) is 36.5 Å². The molecule has 0 saturated carbocycles. The molecule has 0 radical (unpaired) electrons. The van der Waals surface area contributed by atoms with Crippen molar-refractivity contribution in [1.29, 1.82) is 0 Å². The number of hydrogen-bond acceptors (Lipinski definition) is 3. The second kappa shape index (κ2) is 6.79. The van der Waals surface area contributed by atoms with E-state index in [9.17, 15) is 14.0 Å². The zero-order valence-corrected chi connectivity index (χ0v) is 14.1. The molecule has 0 unspecified atom stereocenters. The van der Waals surface area contributed by atoms with Gasteiger partial charge in [-0.15, -0.1) is 0 Å². The Balaban J connectivity index is 1.87. The Morgan fingerprint density at radius 1 is 1.33 bits per heavy atom. The van der Waals surface area contributed by atoms with Crippen molar-refractivity contribution in [1.82, 2.24) is 9.80 Å². The molecule has 0 aromatic heterocycles. The lowest BCUT2D eigenvalue weighted by Gasteiger charge is -2.35. The van der Waals surface area contributed by atoms with Crippen LogP contribution in [0.3, 0.4) is 0 Å². The van der Waals surface area contributed by atoms with Crippen LogP contribution >= 0.6 is 0 Å². The van der Waals surface area contributed by atoms with Crippen LogP contribution in [0.25, 0.3) is 0 Å². The standard InChI is InChI=1S/C18H23FN2O3/c1-3-8-21-14-6-4-12(17(21)22)10-20(11-14)18(23)15-9-13(19)5-7-16(15)24-2/h5,7,9,12,14H,3-4,6,8,10-11H2,1-2H3/t12-,14+/m0/s1. The monoisotopic (exact) mass is 334 g/mol. The van der Waals surface area contributed by atoms with Crippen molar-refractivity contribution in [3.8, 4) is 5.75 Å². The number of benzene rings is 1. The molecule has 0 spiro atoms. The number of amides is 2. The summed E-state index contributed by atoms with van der Waals surface area (Å²) in [6.07, 6.45) is 2.63. The first-order valence-electron chi connectivity index (χ1n) is 8.48. The number of hydrogen-bond donors (Lipinski definition) is 0. The average Bonchev–Trinajstić information content (AvgIpc) is 2.87. The quantitative estimate of drug-likeness (QED) is 0.849. The van der Waals surface area contributed by atoms with Crippen LogP contribution in [-0.4, -0.2) is 54.4 Å². The number of carbonyl (C=O) groups excluding carboxylic acids is 2. The van der Waals surface area contributed by atoms with E-state index in [0.29, 0.717) is 18.8 Å². The van der Waals surface area contributed by atoms with Gasteiger partial charge in [0.25, 0.3) is 5.91 Å². The van der Waals surface area contributed by atoms with Crippen LogP contribution < -0.4 is 4.74 Å². The second-order valence-corrected chi connectivity index (χ2v) is 6.51. The number of nitrogens with zero attached hydrogens (tertiary/aromatic N) is 2. The van der Waals surface area contributed by atoms with Crippen molar-refractivity contribution in [2.24, 2.45) is 5.92 Å². The smallest absolute Gasteiger partial charge is 0.257 e. The Bertz CT molecular complexity index is 649. The topological polar surface area (TPSA) is 49.9 Å². The molecule has 130 valence electrons. The molecule has 3 heterocycles. The van der Waals surface area contributed by atoms with Gasteiger partial charge in [-0.25, -0.2) is 4.39 Å². The van der Waals surface area contributed by atoms with Crippen LogP contribution in [0.5, 0.6) is 5.75 Å². The average molecular weight is 334 g/mol. The summed E-state index contributed by atoms with van der Waals surface area (Å²) < 4.78 is 18.8. The van der Waals surface area contributed by atoms with Crippen LogP contribution in [0, 0.1) is 11.7 Å². The van der Waals surface area contributed by atoms with Gasteiger partial charge in [0.15, 0.2) is 0 Å². The van der Waals surface area contributed by atoms with Gasteiger partial charge in [0, 0.05) is 25.7 Å². The first-order valence-corrected chi connectivity index (χ1v) is 8.48. The van der Waals surface area contributed by atoms with E-state index in [0.717, 1.165) is 25.8 Å². The van der Waals surface area contributed by atoms with E-state index in [-0.39, 0.29) is 29.3 Å². The highest BCUT2D eigenvalue weighted by atomic mass is 19.1. The third-order valence-electron chi connectivity index (χ3n) is 4.94. The third kappa shape index (κ3) is 2.97. The summed E-state index contributed by atoms with van der Waals surface area (Å²) in [4.78, 5) is 29.1. The van der Waals surface area contributed by atoms with Gasteiger partial charge in [0.05, 0.1) is 18.6 Å². The van der Waals surface area contributed by atoms with E-state index in [2.05, 4.69) is 0 Å². The van der Waals surface area contributed by atoms with Gasteiger partial charge >= 0.3 is 0 Å². The van der Waals surface area contributed by atoms with E-state index in [1.165, 1.54) is 25.3 Å². The van der Waals surface area contributed by atoms with Gasteiger partial charge in [-0.05, 0) is 37.5 Å². The molecule has 3 saturated heterocycles. The number of ether oxygens (including phenoxy) is 1. The molecule has 0 aliphatic carbocycles. The van der Waals surface area contributed by atoms with Crippen molar-refractivity contribution >= 4 is 11.8 Å². The van der Waals surface area contributed by atoms with Gasteiger partial charge in [-0.2, -0.15) is 0 Å². The Hall–Kier alpha value is -2.11. The maximum atomic E-state index is 13.6. The Labute approximate surface area is 141 Å². The van der Waals surface area contributed by atoms with Crippen LogP contribution in [0.15, 0.2) is 18.2 Å². The van der Waals surface area contributed by atoms with Crippen molar-refractivity contribution in [2.45, 2.75) is 32.2 Å². The maximum Gasteiger partial charge on any atom is 0.257 e. The lowest BCUT2D eigenvalue weighted by Crippen LogP contribution is -2.48. The summed E-state index contributed by atoms with van der Waals surface area (Å²) in [6, 6.07) is 4.00. The van der Waals surface area contributed by atoms with Gasteiger partial charge in [-0.3, -0.25) is 9.59 Å². The molecule has 4 rings (SSSR count). The van der Waals surface area contributed by atoms with Gasteiger partial charge < -0.3 is 14.5 Å². The number of rotatable bonds is 4. The summed E-state index contributed by atoms with van der Waals surface area (Å²) in [5.74, 6) is -0.391. The molecule has 5 nitrogen and oxygen atoms in total. The molecule has 24 heavy (non-hydrogen) atoms. The van der Waals surface area contributed by atoms with E-state index in [1.807, 2.05) is 11.8 Å². The lowest BCUT2D eigenvalue weighted by molar-refractivity contribution is -0.139. The first-order chi connectivity index (χ1) is 11.5. The van der Waals surface area contributed by atoms with E-state index < -0.39 is 5.82 Å². The SMILES string of the molecule is CCCN1C(=O)[C@H]2CC[C@@H]1CN(C(=O)c1cc(F)ccc1OC)C2. The number of carbonyl (C=O) groups is 2. The van der Waals surface area contributed by atoms with Gasteiger partial charge in [0.2, 0.25) is 5.91 Å². The summed E-state index contributed by atoms with van der Waals surface area (Å²) in [5, 5.41) is 0. The normalized spacial score (nSPS) is 23.4. The van der Waals surface area contributed by atoms with Crippen molar-refractivity contribution < 1.29 is 18.7 Å². The highest BCUT2D eigenvalue weighted by Crippen LogP contribution is 2.31. The van der Waals surface area contributed by atoms with E-state index >= 15 is 0 Å². The van der Waals surface area contributed by atoms with Gasteiger partial charge in [0.1, 0.15) is 11.6 Å². The second-order valence-electron chi connectivity index (χ2n) is 6.51. The van der Waals surface area contributed by atoms with Crippen molar-refractivity contribution in [2.75, 3.05) is 26.7 Å². The molecule has 1 aromatic rings. The van der Waals surface area contributed by atoms with Crippen LogP contribution in [0.4, 0.5) is 4.39 Å². The molecule has 6 heteroatoms. The number of fused-ring (bicyclic) bond motifs is 4. The fraction of sp³-hybridized carbons (Fsp3) is 0.556. The predicted octanol–water partition coefficient (Wildman–Crippen LogP) is 2.31. The Morgan fingerprint density at radius 3 is 2.83 bits per heavy atom. The number of piperidine rings is 1. The minimum Gasteiger partial charge on any atom is -0.496 e. The Kier molecular flexibility index (Phi) is 4.73. The van der Waals surface area contributed by atoms with Crippen LogP contribution in [0.2, 0.25) is 0 Å². The van der Waals surface area contributed by atoms with Crippen molar-refractivity contribution in [3.05, 3.63) is 29.6 Å². The summed E-state index contributed by atoms with van der Waals surface area (Å²) in [5.41, 5.74) is 0.216. The molecular weight excluding hydrogens is 311 g/mol. The molecule has 2 amide bonds. The molecule has 2 bridgehead atoms. The minimum absolute atomic E-state index is 0.0553. The zero-order chi connectivity index (χ0) is 17.3. The van der Waals surface area contributed by atoms with Gasteiger partial charge in [-0.1, -0.05) is 6.92 Å². The molecule has 3 aliphatic heterocycles. The molecule has 0 N–H and O–H groups in total. The lowest BCUT2D eigenvalue weighted by atomic mass is 9.94. The third-order valence-corrected chi connectivity index (χ3v) is 4.94.